The van der Waals surface area contributed by atoms with Gasteiger partial charge in [0, 0.05) is 41.0 Å². The number of hydrogen-bond acceptors (Lipinski definition) is 3. The van der Waals surface area contributed by atoms with Crippen LogP contribution in [0.2, 0.25) is 0 Å². The van der Waals surface area contributed by atoms with E-state index < -0.39 is 0 Å². The number of nitrogens with zero attached hydrogens (tertiary/aromatic N) is 3. The summed E-state index contributed by atoms with van der Waals surface area (Å²) in [7, 11) is 5.73. The van der Waals surface area contributed by atoms with Crippen molar-refractivity contribution in [3.63, 3.8) is 0 Å². The molecule has 0 saturated carbocycles. The van der Waals surface area contributed by atoms with E-state index in [1.54, 1.807) is 30.7 Å². The minimum atomic E-state index is 0.127. The summed E-state index contributed by atoms with van der Waals surface area (Å²) in [5.74, 6) is 0.273. The Morgan fingerprint density at radius 3 is 1.18 bits per heavy atom. The normalized spacial score (nSPS) is 9.18. The predicted molar refractivity (Wildman–Crippen MR) is 96.0 cm³/mol. The molecule has 0 aliphatic rings. The molecule has 0 N–H and O–H groups in total. The molecule has 0 aromatic heterocycles. The topological polar surface area (TPSA) is 43.9 Å². The van der Waals surface area contributed by atoms with Gasteiger partial charge in [0.15, 0.2) is 0 Å². The fourth-order valence-electron chi connectivity index (χ4n) is 1.26. The molecular formula is C17H39N3O2. The van der Waals surface area contributed by atoms with Crippen molar-refractivity contribution in [2.45, 2.75) is 54.4 Å². The highest BCUT2D eigenvalue weighted by atomic mass is 16.2. The van der Waals surface area contributed by atoms with Crippen molar-refractivity contribution in [1.29, 1.82) is 0 Å². The Morgan fingerprint density at radius 1 is 0.682 bits per heavy atom. The average molecular weight is 318 g/mol. The second kappa shape index (κ2) is 18.0. The first-order valence-electron chi connectivity index (χ1n) is 8.29. The lowest BCUT2D eigenvalue weighted by Crippen LogP contribution is -2.24. The first kappa shape index (κ1) is 25.8. The Morgan fingerprint density at radius 2 is 1.09 bits per heavy atom. The van der Waals surface area contributed by atoms with Crippen molar-refractivity contribution in [2.24, 2.45) is 0 Å². The monoisotopic (exact) mass is 317 g/mol. The third-order valence-corrected chi connectivity index (χ3v) is 3.25. The number of hydrogen-bond donors (Lipinski definition) is 0. The van der Waals surface area contributed by atoms with E-state index in [-0.39, 0.29) is 11.8 Å². The van der Waals surface area contributed by atoms with Gasteiger partial charge >= 0.3 is 0 Å². The van der Waals surface area contributed by atoms with E-state index in [2.05, 4.69) is 32.7 Å². The first-order valence-corrected chi connectivity index (χ1v) is 8.29. The van der Waals surface area contributed by atoms with Gasteiger partial charge in [-0.05, 0) is 39.9 Å². The average Bonchev–Trinajstić information content (AvgIpc) is 2.47. The Labute approximate surface area is 138 Å². The maximum Gasteiger partial charge on any atom is 0.219 e. The van der Waals surface area contributed by atoms with Crippen LogP contribution in [0.5, 0.6) is 0 Å². The summed E-state index contributed by atoms with van der Waals surface area (Å²) >= 11 is 0. The number of carbonyl (C=O) groups excluding carboxylic acids is 2. The van der Waals surface area contributed by atoms with E-state index in [0.717, 1.165) is 19.5 Å². The van der Waals surface area contributed by atoms with Crippen molar-refractivity contribution >= 4 is 11.8 Å². The molecule has 0 saturated heterocycles. The molecule has 0 aromatic carbocycles. The highest BCUT2D eigenvalue weighted by Gasteiger charge is 1.96. The van der Waals surface area contributed by atoms with Crippen molar-refractivity contribution < 1.29 is 9.59 Å². The second-order valence-corrected chi connectivity index (χ2v) is 5.37. The third-order valence-electron chi connectivity index (χ3n) is 3.25. The van der Waals surface area contributed by atoms with Crippen LogP contribution in [0.15, 0.2) is 0 Å². The lowest BCUT2D eigenvalue weighted by molar-refractivity contribution is -0.128. The summed E-state index contributed by atoms with van der Waals surface area (Å²) in [6.45, 7) is 15.6. The van der Waals surface area contributed by atoms with Gasteiger partial charge in [-0.3, -0.25) is 9.59 Å². The molecule has 0 aliphatic heterocycles. The molecule has 134 valence electrons. The van der Waals surface area contributed by atoms with Gasteiger partial charge in [0.1, 0.15) is 0 Å². The summed E-state index contributed by atoms with van der Waals surface area (Å²) < 4.78 is 0. The van der Waals surface area contributed by atoms with Crippen molar-refractivity contribution in [2.75, 3.05) is 47.3 Å². The van der Waals surface area contributed by atoms with Gasteiger partial charge in [-0.2, -0.15) is 0 Å². The van der Waals surface area contributed by atoms with Gasteiger partial charge < -0.3 is 14.7 Å². The zero-order chi connectivity index (χ0) is 18.1. The van der Waals surface area contributed by atoms with E-state index in [0.29, 0.717) is 0 Å². The molecule has 0 fully saturated rings. The highest BCUT2D eigenvalue weighted by Crippen LogP contribution is 1.84. The van der Waals surface area contributed by atoms with Gasteiger partial charge in [0.2, 0.25) is 11.8 Å². The summed E-state index contributed by atoms with van der Waals surface area (Å²) in [5, 5.41) is 0. The molecule has 5 nitrogen and oxygen atoms in total. The molecule has 0 aromatic rings. The van der Waals surface area contributed by atoms with Crippen LogP contribution in [-0.4, -0.2) is 73.8 Å². The van der Waals surface area contributed by atoms with Crippen LogP contribution in [0.25, 0.3) is 0 Å². The van der Waals surface area contributed by atoms with E-state index in [4.69, 9.17) is 0 Å². The molecule has 0 atom stereocenters. The Kier molecular flexibility index (Phi) is 21.1. The van der Waals surface area contributed by atoms with E-state index >= 15 is 0 Å². The van der Waals surface area contributed by atoms with Crippen molar-refractivity contribution in [3.05, 3.63) is 0 Å². The zero-order valence-corrected chi connectivity index (χ0v) is 16.4. The van der Waals surface area contributed by atoms with Crippen LogP contribution in [0, 0.1) is 0 Å². The molecule has 0 radical (unpaired) electrons. The van der Waals surface area contributed by atoms with E-state index in [1.807, 2.05) is 14.0 Å². The van der Waals surface area contributed by atoms with Crippen LogP contribution >= 0.6 is 0 Å². The minimum absolute atomic E-state index is 0.127. The Hall–Kier alpha value is -1.10. The fourth-order valence-corrected chi connectivity index (χ4v) is 1.26. The Bertz CT molecular complexity index is 271. The Balaban J connectivity index is -0.000000247. The third kappa shape index (κ3) is 21.2. The van der Waals surface area contributed by atoms with Gasteiger partial charge in [0.05, 0.1) is 0 Å². The second-order valence-electron chi connectivity index (χ2n) is 5.37. The number of carbonyl (C=O) groups is 2. The van der Waals surface area contributed by atoms with Crippen molar-refractivity contribution in [3.8, 4) is 0 Å². The summed E-state index contributed by atoms with van der Waals surface area (Å²) in [6.07, 6.45) is 2.31. The molecule has 0 bridgehead atoms. The molecular weight excluding hydrogens is 278 g/mol. The standard InChI is InChI=1S/C6H13NO.C6H15N.C5H11NO/c1-4-5-7(3)6(2)8;1-4-6-7(3)5-2;1-4-6(3)5(2)7/h4-5H2,1-3H3;4-6H2,1-3H3;4H2,1-3H3. The van der Waals surface area contributed by atoms with Crippen molar-refractivity contribution in [1.82, 2.24) is 14.7 Å². The van der Waals surface area contributed by atoms with Gasteiger partial charge in [-0.1, -0.05) is 20.8 Å². The molecule has 0 aliphatic carbocycles. The lowest BCUT2D eigenvalue weighted by Gasteiger charge is -2.11. The number of rotatable bonds is 6. The maximum atomic E-state index is 10.5. The number of amides is 2. The van der Waals surface area contributed by atoms with Gasteiger partial charge in [-0.15, -0.1) is 0 Å². The van der Waals surface area contributed by atoms with Gasteiger partial charge in [0.25, 0.3) is 0 Å². The maximum absolute atomic E-state index is 10.5. The predicted octanol–water partition coefficient (Wildman–Crippen LogP) is 2.71. The van der Waals surface area contributed by atoms with Crippen LogP contribution < -0.4 is 0 Å². The van der Waals surface area contributed by atoms with Crippen LogP contribution in [0.4, 0.5) is 0 Å². The summed E-state index contributed by atoms with van der Waals surface area (Å²) in [6, 6.07) is 0. The lowest BCUT2D eigenvalue weighted by atomic mass is 10.4. The molecule has 0 spiro atoms. The van der Waals surface area contributed by atoms with Crippen LogP contribution in [-0.2, 0) is 9.59 Å². The molecule has 0 unspecified atom stereocenters. The van der Waals surface area contributed by atoms with Gasteiger partial charge in [-0.25, -0.2) is 0 Å². The van der Waals surface area contributed by atoms with Crippen LogP contribution in [0.3, 0.4) is 0 Å². The molecule has 22 heavy (non-hydrogen) atoms. The largest absolute Gasteiger partial charge is 0.346 e. The first-order chi connectivity index (χ1) is 10.2. The van der Waals surface area contributed by atoms with E-state index in [9.17, 15) is 9.59 Å². The minimum Gasteiger partial charge on any atom is -0.346 e. The SMILES string of the molecule is CCCN(C)C(C)=O.CCCN(C)CC.CCN(C)C(C)=O. The molecule has 0 heterocycles. The van der Waals surface area contributed by atoms with E-state index in [1.165, 1.54) is 19.5 Å². The smallest absolute Gasteiger partial charge is 0.219 e. The summed E-state index contributed by atoms with van der Waals surface area (Å²) in [5.41, 5.74) is 0. The molecule has 0 rings (SSSR count). The molecule has 5 heteroatoms. The fraction of sp³-hybridized carbons (Fsp3) is 0.882. The zero-order valence-electron chi connectivity index (χ0n) is 16.4. The van der Waals surface area contributed by atoms with Crippen LogP contribution in [0.1, 0.15) is 54.4 Å². The molecule has 2 amide bonds. The highest BCUT2D eigenvalue weighted by molar-refractivity contribution is 5.73. The summed E-state index contributed by atoms with van der Waals surface area (Å²) in [4.78, 5) is 26.4. The quantitative estimate of drug-likeness (QED) is 0.756.